The molecule has 6 nitrogen and oxygen atoms in total. The summed E-state index contributed by atoms with van der Waals surface area (Å²) >= 11 is 0. The predicted molar refractivity (Wildman–Crippen MR) is 134 cm³/mol. The molecule has 2 N–H and O–H groups in total. The molecule has 0 radical (unpaired) electrons. The number of halogens is 3. The van der Waals surface area contributed by atoms with Gasteiger partial charge < -0.3 is 15.5 Å². The van der Waals surface area contributed by atoms with E-state index in [-0.39, 0.29) is 11.1 Å². The molecule has 1 unspecified atom stereocenters. The smallest absolute Gasteiger partial charge is 0.380 e. The van der Waals surface area contributed by atoms with Gasteiger partial charge in [0.05, 0.1) is 22.6 Å². The third kappa shape index (κ3) is 5.49. The number of fused-ring (bicyclic) bond motifs is 1. The van der Waals surface area contributed by atoms with Gasteiger partial charge in [-0.2, -0.15) is 18.2 Å². The van der Waals surface area contributed by atoms with Crippen LogP contribution in [0.3, 0.4) is 0 Å². The SMILES string of the molecule is CN(C)c1nc2c(c(Nc3ccc(C(C)(C)C)cc3)n1)NCC(c1ncccc1C(F)(F)F)CC2. The summed E-state index contributed by atoms with van der Waals surface area (Å²) in [7, 11) is 3.72. The van der Waals surface area contributed by atoms with Gasteiger partial charge in [-0.15, -0.1) is 0 Å². The zero-order valence-corrected chi connectivity index (χ0v) is 20.7. The fourth-order valence-electron chi connectivity index (χ4n) is 4.20. The van der Waals surface area contributed by atoms with Crippen LogP contribution in [0.4, 0.5) is 36.3 Å². The van der Waals surface area contributed by atoms with Crippen LogP contribution in [0, 0.1) is 0 Å². The van der Waals surface area contributed by atoms with Gasteiger partial charge in [-0.05, 0) is 48.1 Å². The number of hydrogen-bond acceptors (Lipinski definition) is 6. The minimum absolute atomic E-state index is 0.0416. The first-order valence-corrected chi connectivity index (χ1v) is 11.7. The fourth-order valence-corrected chi connectivity index (χ4v) is 4.20. The monoisotopic (exact) mass is 484 g/mol. The van der Waals surface area contributed by atoms with Crippen molar-refractivity contribution in [1.29, 1.82) is 0 Å². The maximum absolute atomic E-state index is 13.6. The highest BCUT2D eigenvalue weighted by Gasteiger charge is 2.36. The van der Waals surface area contributed by atoms with Gasteiger partial charge in [0.15, 0.2) is 5.82 Å². The molecule has 3 heterocycles. The summed E-state index contributed by atoms with van der Waals surface area (Å²) in [5.74, 6) is 0.718. The van der Waals surface area contributed by atoms with E-state index in [0.717, 1.165) is 17.4 Å². The second-order valence-corrected chi connectivity index (χ2v) is 10.1. The standard InChI is InChI=1S/C26H31F3N6/c1-25(2,3)17-9-11-18(12-10-17)32-23-22-20(33-24(34-23)35(4)5)13-8-16(15-31-22)21-19(26(27,28)29)7-6-14-30-21/h6-7,9-12,14,16,31H,8,13,15H2,1-5H3,(H,32,33,34). The Morgan fingerprint density at radius 2 is 1.74 bits per heavy atom. The molecule has 0 saturated heterocycles. The molecule has 3 aromatic rings. The highest BCUT2D eigenvalue weighted by atomic mass is 19.4. The molecule has 9 heteroatoms. The molecule has 1 aliphatic heterocycles. The molecular formula is C26H31F3N6. The lowest BCUT2D eigenvalue weighted by atomic mass is 9.87. The molecule has 0 spiro atoms. The van der Waals surface area contributed by atoms with Gasteiger partial charge in [0.1, 0.15) is 0 Å². The van der Waals surface area contributed by atoms with E-state index in [4.69, 9.17) is 9.97 Å². The number of benzene rings is 1. The van der Waals surface area contributed by atoms with Gasteiger partial charge in [-0.1, -0.05) is 32.9 Å². The lowest BCUT2D eigenvalue weighted by Gasteiger charge is -2.21. The maximum atomic E-state index is 13.6. The van der Waals surface area contributed by atoms with E-state index in [2.05, 4.69) is 48.5 Å². The fraction of sp³-hybridized carbons (Fsp3) is 0.423. The van der Waals surface area contributed by atoms with Crippen molar-refractivity contribution < 1.29 is 13.2 Å². The number of rotatable bonds is 4. The number of anilines is 4. The summed E-state index contributed by atoms with van der Waals surface area (Å²) in [4.78, 5) is 15.3. The lowest BCUT2D eigenvalue weighted by molar-refractivity contribution is -0.138. The highest BCUT2D eigenvalue weighted by Crippen LogP contribution is 2.39. The van der Waals surface area contributed by atoms with Crippen molar-refractivity contribution in [2.45, 2.75) is 51.1 Å². The summed E-state index contributed by atoms with van der Waals surface area (Å²) in [5.41, 5.74) is 2.99. The van der Waals surface area contributed by atoms with Gasteiger partial charge in [-0.25, -0.2) is 4.98 Å². The van der Waals surface area contributed by atoms with Gasteiger partial charge in [0.25, 0.3) is 0 Å². The summed E-state index contributed by atoms with van der Waals surface area (Å²) in [6.45, 7) is 6.79. The minimum Gasteiger partial charge on any atom is -0.380 e. The Balaban J connectivity index is 1.66. The van der Waals surface area contributed by atoms with Crippen LogP contribution in [0.5, 0.6) is 0 Å². The van der Waals surface area contributed by atoms with Crippen LogP contribution in [0.1, 0.15) is 55.6 Å². The summed E-state index contributed by atoms with van der Waals surface area (Å²) < 4.78 is 40.9. The van der Waals surface area contributed by atoms with Crippen LogP contribution in [-0.2, 0) is 18.0 Å². The van der Waals surface area contributed by atoms with Crippen LogP contribution >= 0.6 is 0 Å². The number of hydrogen-bond donors (Lipinski definition) is 2. The van der Waals surface area contributed by atoms with Crippen LogP contribution in [-0.4, -0.2) is 35.6 Å². The van der Waals surface area contributed by atoms with E-state index >= 15 is 0 Å². The zero-order chi connectivity index (χ0) is 25.4. The van der Waals surface area contributed by atoms with Crippen molar-refractivity contribution in [1.82, 2.24) is 15.0 Å². The Labute approximate surface area is 204 Å². The maximum Gasteiger partial charge on any atom is 0.418 e. The molecule has 0 amide bonds. The van der Waals surface area contributed by atoms with Crippen molar-refractivity contribution in [3.05, 3.63) is 65.1 Å². The highest BCUT2D eigenvalue weighted by molar-refractivity contribution is 5.74. The normalized spacial score (nSPS) is 16.2. The minimum atomic E-state index is -4.45. The lowest BCUT2D eigenvalue weighted by Crippen LogP contribution is -2.19. The second kappa shape index (κ2) is 9.36. The van der Waals surface area contributed by atoms with Gasteiger partial charge in [-0.3, -0.25) is 4.98 Å². The quantitative estimate of drug-likeness (QED) is 0.464. The Morgan fingerprint density at radius 3 is 2.37 bits per heavy atom. The first kappa shape index (κ1) is 24.8. The molecule has 35 heavy (non-hydrogen) atoms. The second-order valence-electron chi connectivity index (χ2n) is 10.1. The Kier molecular flexibility index (Phi) is 6.62. The molecule has 1 aliphatic rings. The molecule has 186 valence electrons. The van der Waals surface area contributed by atoms with Gasteiger partial charge in [0.2, 0.25) is 5.95 Å². The number of aromatic nitrogens is 3. The van der Waals surface area contributed by atoms with E-state index < -0.39 is 17.7 Å². The van der Waals surface area contributed by atoms with E-state index in [0.29, 0.717) is 36.8 Å². The van der Waals surface area contributed by atoms with E-state index in [1.54, 1.807) is 0 Å². The van der Waals surface area contributed by atoms with Gasteiger partial charge >= 0.3 is 6.18 Å². The van der Waals surface area contributed by atoms with Crippen molar-refractivity contribution in [2.24, 2.45) is 0 Å². The van der Waals surface area contributed by atoms with Crippen molar-refractivity contribution in [3.8, 4) is 0 Å². The van der Waals surface area contributed by atoms with Gasteiger partial charge in [0, 0.05) is 38.4 Å². The number of aryl methyl sites for hydroxylation is 1. The van der Waals surface area contributed by atoms with E-state index in [9.17, 15) is 13.2 Å². The molecule has 0 bridgehead atoms. The molecule has 0 fully saturated rings. The molecule has 2 aromatic heterocycles. The molecule has 0 aliphatic carbocycles. The Hall–Kier alpha value is -3.36. The first-order valence-electron chi connectivity index (χ1n) is 11.7. The predicted octanol–water partition coefficient (Wildman–Crippen LogP) is 6.14. The van der Waals surface area contributed by atoms with Crippen molar-refractivity contribution in [2.75, 3.05) is 36.2 Å². The average Bonchev–Trinajstić information content (AvgIpc) is 3.01. The van der Waals surface area contributed by atoms with Crippen molar-refractivity contribution >= 4 is 23.1 Å². The van der Waals surface area contributed by atoms with Crippen LogP contribution < -0.4 is 15.5 Å². The molecule has 0 saturated carbocycles. The molecular weight excluding hydrogens is 453 g/mol. The average molecular weight is 485 g/mol. The number of nitrogens with one attached hydrogen (secondary N) is 2. The number of alkyl halides is 3. The van der Waals surface area contributed by atoms with E-state index in [1.165, 1.54) is 17.8 Å². The van der Waals surface area contributed by atoms with Crippen LogP contribution in [0.25, 0.3) is 0 Å². The first-order chi connectivity index (χ1) is 16.4. The third-order valence-electron chi connectivity index (χ3n) is 6.17. The Bertz CT molecular complexity index is 1180. The summed E-state index contributed by atoms with van der Waals surface area (Å²) in [6, 6.07) is 10.6. The number of pyridine rings is 1. The third-order valence-corrected chi connectivity index (χ3v) is 6.17. The van der Waals surface area contributed by atoms with Crippen LogP contribution in [0.15, 0.2) is 42.6 Å². The van der Waals surface area contributed by atoms with Crippen molar-refractivity contribution in [3.63, 3.8) is 0 Å². The Morgan fingerprint density at radius 1 is 1.03 bits per heavy atom. The van der Waals surface area contributed by atoms with E-state index in [1.807, 2.05) is 31.1 Å². The largest absolute Gasteiger partial charge is 0.418 e. The molecule has 4 rings (SSSR count). The summed E-state index contributed by atoms with van der Waals surface area (Å²) in [6.07, 6.45) is -2.04. The number of nitrogens with zero attached hydrogens (tertiary/aromatic N) is 4. The molecule has 1 atom stereocenters. The molecule has 1 aromatic carbocycles. The zero-order valence-electron chi connectivity index (χ0n) is 20.7. The summed E-state index contributed by atoms with van der Waals surface area (Å²) in [5, 5.41) is 6.72. The van der Waals surface area contributed by atoms with Crippen LogP contribution in [0.2, 0.25) is 0 Å². The topological polar surface area (TPSA) is 66.0 Å².